The Kier molecular flexibility index (Phi) is 5.44. The third kappa shape index (κ3) is 3.90. The molecule has 0 aliphatic heterocycles. The van der Waals surface area contributed by atoms with Crippen LogP contribution >= 0.6 is 11.6 Å². The maximum atomic E-state index is 13.6. The Bertz CT molecular complexity index is 1450. The smallest absolute Gasteiger partial charge is 0.268 e. The quantitative estimate of drug-likeness (QED) is 0.295. The number of hydrogen-bond acceptors (Lipinski definition) is 5. The topological polar surface area (TPSA) is 70.2 Å². The third-order valence-electron chi connectivity index (χ3n) is 5.66. The van der Waals surface area contributed by atoms with Crippen LogP contribution < -0.4 is 4.74 Å². The highest BCUT2D eigenvalue weighted by molar-refractivity contribution is 6.30. The molecular formula is C26H20ClN3O3. The van der Waals surface area contributed by atoms with Gasteiger partial charge in [0.05, 0.1) is 18.9 Å². The lowest BCUT2D eigenvalue weighted by atomic mass is 10.1. The van der Waals surface area contributed by atoms with Crippen LogP contribution in [0.15, 0.2) is 77.6 Å². The number of nitrogens with zero attached hydrogens (tertiary/aromatic N) is 3. The zero-order valence-electron chi connectivity index (χ0n) is 18.1. The predicted octanol–water partition coefficient (Wildman–Crippen LogP) is 5.94. The summed E-state index contributed by atoms with van der Waals surface area (Å²) >= 11 is 6.05. The molecule has 5 aromatic rings. The molecule has 0 radical (unpaired) electrons. The van der Waals surface area contributed by atoms with Gasteiger partial charge in [0, 0.05) is 46.1 Å². The van der Waals surface area contributed by atoms with Gasteiger partial charge in [-0.15, -0.1) is 0 Å². The van der Waals surface area contributed by atoms with Crippen LogP contribution in [0.5, 0.6) is 5.75 Å². The van der Waals surface area contributed by atoms with Crippen molar-refractivity contribution in [3.05, 3.63) is 101 Å². The normalized spacial score (nSPS) is 11.1. The van der Waals surface area contributed by atoms with Crippen molar-refractivity contribution < 1.29 is 13.9 Å². The number of rotatable bonds is 6. The molecule has 0 fully saturated rings. The molecule has 0 atom stereocenters. The minimum Gasteiger partial charge on any atom is -0.497 e. The lowest BCUT2D eigenvalue weighted by molar-refractivity contribution is 0.100. The van der Waals surface area contributed by atoms with Gasteiger partial charge < -0.3 is 13.7 Å². The van der Waals surface area contributed by atoms with Gasteiger partial charge in [-0.05, 0) is 55.0 Å². The van der Waals surface area contributed by atoms with Gasteiger partial charge in [0.2, 0.25) is 5.78 Å². The average Bonchev–Trinajstić information content (AvgIpc) is 3.44. The van der Waals surface area contributed by atoms with E-state index in [1.807, 2.05) is 55.5 Å². The summed E-state index contributed by atoms with van der Waals surface area (Å²) < 4.78 is 13.4. The molecule has 0 aliphatic carbocycles. The summed E-state index contributed by atoms with van der Waals surface area (Å²) in [5.41, 5.74) is 4.11. The van der Waals surface area contributed by atoms with Crippen molar-refractivity contribution in [1.29, 1.82) is 0 Å². The fourth-order valence-corrected chi connectivity index (χ4v) is 4.11. The second-order valence-corrected chi connectivity index (χ2v) is 8.09. The molecule has 0 spiro atoms. The van der Waals surface area contributed by atoms with E-state index in [9.17, 15) is 4.79 Å². The van der Waals surface area contributed by atoms with Crippen LogP contribution in [-0.4, -0.2) is 27.4 Å². The average molecular weight is 458 g/mol. The van der Waals surface area contributed by atoms with E-state index < -0.39 is 0 Å². The lowest BCUT2D eigenvalue weighted by Gasteiger charge is -2.09. The Morgan fingerprint density at radius 3 is 2.67 bits per heavy atom. The van der Waals surface area contributed by atoms with Gasteiger partial charge in [-0.2, -0.15) is 0 Å². The zero-order chi connectivity index (χ0) is 22.9. The number of aromatic nitrogens is 3. The standard InChI is InChI=1S/C26H20ClN3O3/c1-16-24(25(31)26-29-14-23(33-26)18-4-3-11-28-13-18)21-12-20(32-2)9-10-22(21)30(16)15-17-5-7-19(27)8-6-17/h3-14H,15H2,1-2H3. The molecule has 3 heterocycles. The van der Waals surface area contributed by atoms with Gasteiger partial charge in [0.15, 0.2) is 5.76 Å². The first kappa shape index (κ1) is 21.0. The molecule has 0 unspecified atom stereocenters. The molecule has 164 valence electrons. The number of ketones is 1. The zero-order valence-corrected chi connectivity index (χ0v) is 18.8. The van der Waals surface area contributed by atoms with Crippen molar-refractivity contribution in [2.75, 3.05) is 7.11 Å². The second kappa shape index (κ2) is 8.56. The minimum atomic E-state index is -0.282. The maximum absolute atomic E-state index is 13.6. The number of carbonyl (C=O) groups is 1. The predicted molar refractivity (Wildman–Crippen MR) is 127 cm³/mol. The van der Waals surface area contributed by atoms with E-state index in [1.54, 1.807) is 31.8 Å². The summed E-state index contributed by atoms with van der Waals surface area (Å²) in [7, 11) is 1.61. The van der Waals surface area contributed by atoms with Crippen LogP contribution in [0.2, 0.25) is 5.02 Å². The Morgan fingerprint density at radius 2 is 1.94 bits per heavy atom. The van der Waals surface area contributed by atoms with Crippen molar-refractivity contribution in [3.8, 4) is 17.1 Å². The molecule has 7 heteroatoms. The van der Waals surface area contributed by atoms with Crippen molar-refractivity contribution in [1.82, 2.24) is 14.5 Å². The van der Waals surface area contributed by atoms with Crippen molar-refractivity contribution in [2.45, 2.75) is 13.5 Å². The van der Waals surface area contributed by atoms with Gasteiger partial charge in [0.25, 0.3) is 5.89 Å². The van der Waals surface area contributed by atoms with E-state index in [4.69, 9.17) is 20.8 Å². The fourth-order valence-electron chi connectivity index (χ4n) is 3.98. The van der Waals surface area contributed by atoms with Gasteiger partial charge in [-0.3, -0.25) is 9.78 Å². The highest BCUT2D eigenvalue weighted by atomic mass is 35.5. The SMILES string of the molecule is COc1ccc2c(c1)c(C(=O)c1ncc(-c3cccnc3)o1)c(C)n2Cc1ccc(Cl)cc1. The molecule has 5 rings (SSSR count). The molecule has 0 aliphatic rings. The number of benzene rings is 2. The van der Waals surface area contributed by atoms with Crippen LogP contribution in [0.3, 0.4) is 0 Å². The van der Waals surface area contributed by atoms with Gasteiger partial charge in [0.1, 0.15) is 5.75 Å². The summed E-state index contributed by atoms with van der Waals surface area (Å²) in [5.74, 6) is 0.913. The molecule has 0 bridgehead atoms. The lowest BCUT2D eigenvalue weighted by Crippen LogP contribution is -2.06. The number of ether oxygens (including phenoxy) is 1. The highest BCUT2D eigenvalue weighted by Gasteiger charge is 2.25. The minimum absolute atomic E-state index is 0.0327. The first-order valence-electron chi connectivity index (χ1n) is 10.4. The molecule has 0 amide bonds. The van der Waals surface area contributed by atoms with E-state index in [-0.39, 0.29) is 11.7 Å². The molecule has 33 heavy (non-hydrogen) atoms. The van der Waals surface area contributed by atoms with E-state index >= 15 is 0 Å². The Balaban J connectivity index is 1.61. The van der Waals surface area contributed by atoms with Crippen LogP contribution in [0.1, 0.15) is 27.5 Å². The Hall–Kier alpha value is -3.90. The van der Waals surface area contributed by atoms with E-state index in [0.29, 0.717) is 28.6 Å². The number of oxazole rings is 1. The first-order valence-corrected chi connectivity index (χ1v) is 10.7. The third-order valence-corrected chi connectivity index (χ3v) is 5.91. The summed E-state index contributed by atoms with van der Waals surface area (Å²) in [4.78, 5) is 22.0. The maximum Gasteiger partial charge on any atom is 0.268 e. The van der Waals surface area contributed by atoms with E-state index in [0.717, 1.165) is 27.7 Å². The van der Waals surface area contributed by atoms with Crippen LogP contribution in [0, 0.1) is 6.92 Å². The monoisotopic (exact) mass is 457 g/mol. The summed E-state index contributed by atoms with van der Waals surface area (Å²) in [6.07, 6.45) is 4.90. The number of pyridine rings is 1. The molecule has 0 saturated heterocycles. The van der Waals surface area contributed by atoms with Crippen molar-refractivity contribution in [2.24, 2.45) is 0 Å². The molecule has 6 nitrogen and oxygen atoms in total. The first-order chi connectivity index (χ1) is 16.0. The number of fused-ring (bicyclic) bond motifs is 1. The number of carbonyl (C=O) groups excluding carboxylic acids is 1. The Morgan fingerprint density at radius 1 is 1.12 bits per heavy atom. The van der Waals surface area contributed by atoms with Crippen LogP contribution in [0.25, 0.3) is 22.2 Å². The van der Waals surface area contributed by atoms with Crippen molar-refractivity contribution in [3.63, 3.8) is 0 Å². The molecule has 2 aromatic carbocycles. The Labute approximate surface area is 195 Å². The molecule has 0 N–H and O–H groups in total. The summed E-state index contributed by atoms with van der Waals surface area (Å²) in [5, 5.41) is 1.47. The summed E-state index contributed by atoms with van der Waals surface area (Å²) in [6.45, 7) is 2.52. The number of hydrogen-bond donors (Lipinski definition) is 0. The van der Waals surface area contributed by atoms with Gasteiger partial charge in [-0.1, -0.05) is 23.7 Å². The fraction of sp³-hybridized carbons (Fsp3) is 0.115. The molecular weight excluding hydrogens is 438 g/mol. The van der Waals surface area contributed by atoms with Crippen LogP contribution in [-0.2, 0) is 6.54 Å². The molecule has 3 aromatic heterocycles. The molecule has 0 saturated carbocycles. The van der Waals surface area contributed by atoms with Gasteiger partial charge in [-0.25, -0.2) is 4.98 Å². The van der Waals surface area contributed by atoms with E-state index in [2.05, 4.69) is 14.5 Å². The van der Waals surface area contributed by atoms with E-state index in [1.165, 1.54) is 0 Å². The number of methoxy groups -OCH3 is 1. The second-order valence-electron chi connectivity index (χ2n) is 7.66. The number of halogens is 1. The highest BCUT2D eigenvalue weighted by Crippen LogP contribution is 2.32. The van der Waals surface area contributed by atoms with Gasteiger partial charge >= 0.3 is 0 Å². The van der Waals surface area contributed by atoms with Crippen molar-refractivity contribution >= 4 is 28.3 Å². The largest absolute Gasteiger partial charge is 0.497 e. The van der Waals surface area contributed by atoms with Crippen LogP contribution in [0.4, 0.5) is 0 Å². The summed E-state index contributed by atoms with van der Waals surface area (Å²) in [6, 6.07) is 17.1.